The second-order valence-corrected chi connectivity index (χ2v) is 1.61. The Kier molecular flexibility index (Phi) is 4.34. The van der Waals surface area contributed by atoms with Crippen molar-refractivity contribution in [2.75, 3.05) is 0 Å². The first kappa shape index (κ1) is 8.65. The van der Waals surface area contributed by atoms with E-state index >= 15 is 0 Å². The van der Waals surface area contributed by atoms with Crippen molar-refractivity contribution in [3.63, 3.8) is 0 Å². The van der Waals surface area contributed by atoms with Gasteiger partial charge in [-0.25, -0.2) is 0 Å². The van der Waals surface area contributed by atoms with Crippen LogP contribution in [0.3, 0.4) is 0 Å². The van der Waals surface area contributed by atoms with Crippen LogP contribution >= 0.6 is 0 Å². The third-order valence-corrected chi connectivity index (χ3v) is 1.04. The van der Waals surface area contributed by atoms with Crippen molar-refractivity contribution >= 4 is 6.08 Å². The van der Waals surface area contributed by atoms with E-state index in [1.165, 1.54) is 5.56 Å². The van der Waals surface area contributed by atoms with Crippen LogP contribution in [0.5, 0.6) is 0 Å². The summed E-state index contributed by atoms with van der Waals surface area (Å²) in [5, 5.41) is 0. The maximum atomic E-state index is 3.63. The van der Waals surface area contributed by atoms with Gasteiger partial charge in [0.2, 0.25) is 0 Å². The van der Waals surface area contributed by atoms with E-state index in [9.17, 15) is 0 Å². The Morgan fingerprint density at radius 3 is 2.00 bits per heavy atom. The van der Waals surface area contributed by atoms with E-state index in [2.05, 4.69) is 6.58 Å². The number of hydrogen-bond donors (Lipinski definition) is 0. The molecule has 1 heteroatoms. The van der Waals surface area contributed by atoms with Gasteiger partial charge in [-0.1, -0.05) is 43.0 Å². The zero-order valence-corrected chi connectivity index (χ0v) is 7.09. The monoisotopic (exact) mass is 202 g/mol. The van der Waals surface area contributed by atoms with Crippen LogP contribution in [0.4, 0.5) is 0 Å². The summed E-state index contributed by atoms with van der Waals surface area (Å²) < 4.78 is 0. The zero-order chi connectivity index (χ0) is 5.82. The van der Waals surface area contributed by atoms with Crippen molar-refractivity contribution < 1.29 is 21.1 Å². The first-order valence-electron chi connectivity index (χ1n) is 2.61. The Hall–Kier alpha value is -0.352. The third kappa shape index (κ3) is 2.62. The molecule has 0 aliphatic rings. The molecule has 0 nitrogen and oxygen atoms in total. The maximum absolute atomic E-state index is 3.63. The molecule has 46 valence electrons. The van der Waals surface area contributed by atoms with E-state index < -0.39 is 0 Å². The molecule has 9 heavy (non-hydrogen) atoms. The molecule has 1 rings (SSSR count). The summed E-state index contributed by atoms with van der Waals surface area (Å²) in [7, 11) is 0. The van der Waals surface area contributed by atoms with Gasteiger partial charge in [0.25, 0.3) is 0 Å². The van der Waals surface area contributed by atoms with Gasteiger partial charge >= 0.3 is 0 Å². The molecule has 0 heterocycles. The Balaban J connectivity index is 0.000000640. The van der Waals surface area contributed by atoms with E-state index in [1.54, 1.807) is 0 Å². The molecule has 0 aromatic heterocycles. The molecule has 0 bridgehead atoms. The van der Waals surface area contributed by atoms with Gasteiger partial charge in [0.1, 0.15) is 0 Å². The summed E-state index contributed by atoms with van der Waals surface area (Å²) in [6.45, 7) is 3.63. The van der Waals surface area contributed by atoms with E-state index in [1.807, 2.05) is 36.4 Å². The van der Waals surface area contributed by atoms with Crippen molar-refractivity contribution in [3.8, 4) is 0 Å². The zero-order valence-electron chi connectivity index (χ0n) is 5.08. The molecular formula is C8H8Mo. The Labute approximate surface area is 69.9 Å². The molecule has 0 unspecified atom stereocenters. The number of rotatable bonds is 1. The van der Waals surface area contributed by atoms with Crippen LogP contribution in [-0.4, -0.2) is 0 Å². The third-order valence-electron chi connectivity index (χ3n) is 1.04. The van der Waals surface area contributed by atoms with Crippen LogP contribution in [0.25, 0.3) is 6.08 Å². The predicted molar refractivity (Wildman–Crippen MR) is 36.5 cm³/mol. The average Bonchev–Trinajstić information content (AvgIpc) is 1.90. The molecule has 0 atom stereocenters. The number of hydrogen-bond acceptors (Lipinski definition) is 0. The van der Waals surface area contributed by atoms with E-state index in [0.717, 1.165) is 0 Å². The van der Waals surface area contributed by atoms with Crippen molar-refractivity contribution in [3.05, 3.63) is 42.5 Å². The van der Waals surface area contributed by atoms with Gasteiger partial charge in [0, 0.05) is 21.1 Å². The summed E-state index contributed by atoms with van der Waals surface area (Å²) in [6.07, 6.45) is 1.83. The standard InChI is InChI=1S/C8H8.Mo/c1-2-8-6-4-3-5-7-8;/h2-7H,1H2;. The molecule has 1 aromatic rings. The van der Waals surface area contributed by atoms with Crippen LogP contribution in [0.1, 0.15) is 5.56 Å². The smallest absolute Gasteiger partial charge is 0 e. The molecule has 0 radical (unpaired) electrons. The molecule has 0 saturated carbocycles. The van der Waals surface area contributed by atoms with Crippen molar-refractivity contribution in [2.45, 2.75) is 0 Å². The van der Waals surface area contributed by atoms with Gasteiger partial charge < -0.3 is 0 Å². The minimum atomic E-state index is 0. The first-order chi connectivity index (χ1) is 3.93. The largest absolute Gasteiger partial charge is 0.0985 e. The molecule has 0 amide bonds. The summed E-state index contributed by atoms with van der Waals surface area (Å²) in [5.41, 5.74) is 1.17. The van der Waals surface area contributed by atoms with Crippen LogP contribution in [-0.2, 0) is 21.1 Å². The Morgan fingerprint density at radius 1 is 1.11 bits per heavy atom. The Bertz CT molecular complexity index is 167. The molecule has 1 aromatic carbocycles. The molecule has 0 saturated heterocycles. The fourth-order valence-corrected chi connectivity index (χ4v) is 0.589. The molecule has 0 fully saturated rings. The Morgan fingerprint density at radius 2 is 1.67 bits per heavy atom. The quantitative estimate of drug-likeness (QED) is 0.610. The summed E-state index contributed by atoms with van der Waals surface area (Å²) in [4.78, 5) is 0. The summed E-state index contributed by atoms with van der Waals surface area (Å²) in [5.74, 6) is 0. The maximum Gasteiger partial charge on any atom is 0 e. The molecule has 0 spiro atoms. The number of benzene rings is 1. The van der Waals surface area contributed by atoms with Gasteiger partial charge in [0.05, 0.1) is 0 Å². The van der Waals surface area contributed by atoms with Crippen LogP contribution < -0.4 is 0 Å². The van der Waals surface area contributed by atoms with Gasteiger partial charge in [0.15, 0.2) is 0 Å². The predicted octanol–water partition coefficient (Wildman–Crippen LogP) is 2.33. The normalized spacial score (nSPS) is 7.56. The molecule has 0 aliphatic carbocycles. The fraction of sp³-hybridized carbons (Fsp3) is 0. The van der Waals surface area contributed by atoms with Crippen molar-refractivity contribution in [1.29, 1.82) is 0 Å². The van der Waals surface area contributed by atoms with Gasteiger partial charge in [-0.2, -0.15) is 0 Å². The van der Waals surface area contributed by atoms with E-state index in [0.29, 0.717) is 0 Å². The van der Waals surface area contributed by atoms with Gasteiger partial charge in [-0.3, -0.25) is 0 Å². The van der Waals surface area contributed by atoms with Crippen molar-refractivity contribution in [2.24, 2.45) is 0 Å². The van der Waals surface area contributed by atoms with Gasteiger partial charge in [-0.05, 0) is 5.56 Å². The van der Waals surface area contributed by atoms with E-state index in [-0.39, 0.29) is 21.1 Å². The fourth-order valence-electron chi connectivity index (χ4n) is 0.589. The minimum Gasteiger partial charge on any atom is -0.0985 e. The average molecular weight is 200 g/mol. The van der Waals surface area contributed by atoms with Crippen LogP contribution in [0.15, 0.2) is 36.9 Å². The minimum absolute atomic E-state index is 0. The van der Waals surface area contributed by atoms with Crippen molar-refractivity contribution in [1.82, 2.24) is 0 Å². The molecule has 0 aliphatic heterocycles. The van der Waals surface area contributed by atoms with Gasteiger partial charge in [-0.15, -0.1) is 0 Å². The van der Waals surface area contributed by atoms with Crippen LogP contribution in [0, 0.1) is 0 Å². The second-order valence-electron chi connectivity index (χ2n) is 1.61. The van der Waals surface area contributed by atoms with Crippen LogP contribution in [0.2, 0.25) is 0 Å². The van der Waals surface area contributed by atoms with E-state index in [4.69, 9.17) is 0 Å². The molecular weight excluding hydrogens is 192 g/mol. The SMILES string of the molecule is C=Cc1ccccc1.[Mo]. The summed E-state index contributed by atoms with van der Waals surface area (Å²) >= 11 is 0. The second kappa shape index (κ2) is 4.52. The summed E-state index contributed by atoms with van der Waals surface area (Å²) in [6, 6.07) is 10.0. The molecule has 0 N–H and O–H groups in total. The first-order valence-corrected chi connectivity index (χ1v) is 2.61. The topological polar surface area (TPSA) is 0 Å².